The van der Waals surface area contributed by atoms with Crippen molar-refractivity contribution in [3.8, 4) is 23.5 Å². The number of aromatic amines is 1. The first-order valence-electron chi connectivity index (χ1n) is 18.5. The van der Waals surface area contributed by atoms with Gasteiger partial charge >= 0.3 is 0 Å². The summed E-state index contributed by atoms with van der Waals surface area (Å²) in [4.78, 5) is 8.84. The van der Waals surface area contributed by atoms with Crippen molar-refractivity contribution in [2.45, 2.75) is 171 Å². The second-order valence-electron chi connectivity index (χ2n) is 14.8. The Labute approximate surface area is 281 Å². The molecule has 0 bridgehead atoms. The molecule has 2 atom stereocenters. The fraction of sp³-hybridized carbons (Fsp3) is 0.795. The molecule has 0 fully saturated rings. The van der Waals surface area contributed by atoms with Gasteiger partial charge in [0, 0.05) is 27.7 Å². The molecule has 0 amide bonds. The van der Waals surface area contributed by atoms with Gasteiger partial charge < -0.3 is 25.3 Å². The van der Waals surface area contributed by atoms with Crippen molar-refractivity contribution in [3.05, 3.63) is 22.3 Å². The molecule has 0 aliphatic rings. The van der Waals surface area contributed by atoms with Crippen LogP contribution in [-0.2, 0) is 23.7 Å². The molecule has 46 heavy (non-hydrogen) atoms. The average Bonchev–Trinajstić information content (AvgIpc) is 3.47. The summed E-state index contributed by atoms with van der Waals surface area (Å²) in [5.41, 5.74) is 2.22. The van der Waals surface area contributed by atoms with Crippen LogP contribution in [0.4, 0.5) is 0 Å². The minimum atomic E-state index is -0.459. The van der Waals surface area contributed by atoms with Crippen LogP contribution in [0.1, 0.15) is 170 Å². The molecule has 2 rings (SSSR count). The van der Waals surface area contributed by atoms with Crippen molar-refractivity contribution < 1.29 is 25.3 Å². The van der Waals surface area contributed by atoms with Crippen LogP contribution in [-0.4, -0.2) is 36.7 Å². The van der Waals surface area contributed by atoms with E-state index in [4.69, 9.17) is 4.84 Å². The molecule has 7 nitrogen and oxygen atoms in total. The van der Waals surface area contributed by atoms with E-state index in [1.54, 1.807) is 0 Å². The molecule has 2 heterocycles. The number of aromatic nitrogens is 2. The molecule has 2 aromatic heterocycles. The largest absolute Gasteiger partial charge is 0.494 e. The van der Waals surface area contributed by atoms with Crippen LogP contribution in [0.25, 0.3) is 0 Å². The summed E-state index contributed by atoms with van der Waals surface area (Å²) in [7, 11) is 0. The van der Waals surface area contributed by atoms with Crippen molar-refractivity contribution in [2.75, 3.05) is 6.61 Å². The molecule has 0 aliphatic carbocycles. The van der Waals surface area contributed by atoms with E-state index in [0.717, 1.165) is 80.0 Å². The fourth-order valence-electron chi connectivity index (χ4n) is 9.19. The van der Waals surface area contributed by atoms with E-state index in [9.17, 15) is 20.4 Å². The normalized spacial score (nSPS) is 14.5. The number of hydrogen-bond acceptors (Lipinski definition) is 5. The maximum Gasteiger partial charge on any atom is 0.233 e. The molecule has 0 saturated carbocycles. The Kier molecular flexibility index (Phi) is 13.5. The summed E-state index contributed by atoms with van der Waals surface area (Å²) in [5, 5.41) is 46.2. The highest BCUT2D eigenvalue weighted by atomic mass is 16.7. The van der Waals surface area contributed by atoms with E-state index in [1.165, 1.54) is 4.73 Å². The van der Waals surface area contributed by atoms with Gasteiger partial charge in [-0.2, -0.15) is 0 Å². The molecular formula is C39H70N2O5. The van der Waals surface area contributed by atoms with Crippen molar-refractivity contribution >= 4 is 0 Å². The Morgan fingerprint density at radius 3 is 1.59 bits per heavy atom. The number of aromatic hydroxyl groups is 4. The van der Waals surface area contributed by atoms with Crippen molar-refractivity contribution in [1.82, 2.24) is 9.71 Å². The van der Waals surface area contributed by atoms with Gasteiger partial charge in [-0.3, -0.25) is 4.98 Å². The average molecular weight is 647 g/mol. The molecule has 0 aromatic carbocycles. The zero-order valence-electron chi connectivity index (χ0n) is 31.8. The van der Waals surface area contributed by atoms with E-state index in [2.05, 4.69) is 88.1 Å². The first-order chi connectivity index (χ1) is 21.6. The van der Waals surface area contributed by atoms with E-state index < -0.39 is 5.41 Å². The smallest absolute Gasteiger partial charge is 0.233 e. The monoisotopic (exact) mass is 647 g/mol. The number of H-pyrrole nitrogens is 1. The summed E-state index contributed by atoms with van der Waals surface area (Å²) in [6.07, 6.45) is 8.95. The van der Waals surface area contributed by atoms with E-state index in [-0.39, 0.29) is 45.7 Å². The lowest BCUT2D eigenvalue weighted by Gasteiger charge is -2.54. The lowest BCUT2D eigenvalue weighted by atomic mass is 9.49. The van der Waals surface area contributed by atoms with Crippen LogP contribution in [0.15, 0.2) is 0 Å². The third kappa shape index (κ3) is 6.50. The predicted molar refractivity (Wildman–Crippen MR) is 191 cm³/mol. The third-order valence-corrected chi connectivity index (χ3v) is 13.5. The maximum atomic E-state index is 11.7. The molecule has 7 heteroatoms. The first-order valence-corrected chi connectivity index (χ1v) is 18.5. The van der Waals surface area contributed by atoms with E-state index >= 15 is 0 Å². The van der Waals surface area contributed by atoms with Crippen molar-refractivity contribution in [1.29, 1.82) is 0 Å². The number of nitrogens with one attached hydrogen (secondary N) is 1. The Morgan fingerprint density at radius 2 is 1.15 bits per heavy atom. The molecule has 5 N–H and O–H groups in total. The molecule has 2 unspecified atom stereocenters. The zero-order valence-corrected chi connectivity index (χ0v) is 31.8. The molecule has 266 valence electrons. The van der Waals surface area contributed by atoms with Gasteiger partial charge in [0.2, 0.25) is 11.8 Å². The van der Waals surface area contributed by atoms with Gasteiger partial charge in [-0.1, -0.05) is 103 Å². The highest BCUT2D eigenvalue weighted by molar-refractivity contribution is 5.52. The second kappa shape index (κ2) is 15.6. The first kappa shape index (κ1) is 39.7. The van der Waals surface area contributed by atoms with Crippen LogP contribution in [0.2, 0.25) is 0 Å². The lowest BCUT2D eigenvalue weighted by molar-refractivity contribution is 0.0230. The van der Waals surface area contributed by atoms with Crippen LogP contribution in [0.5, 0.6) is 23.5 Å². The standard InChI is InChI=1S/C39H70N2O5/c1-14-23-46-41-34(44)29(31(35(41)45)37(13,17-4)18-5)25-27(11)38(19-6,20-7)39(21-8,22-9)30-28(32(42)40-33(30)43)24-26(10)36(12,15-2)16-3/h26-27,40,42-45H,14-25H2,1-13H3. The minimum Gasteiger partial charge on any atom is -0.494 e. The van der Waals surface area contributed by atoms with Gasteiger partial charge in [-0.25, -0.2) is 0 Å². The van der Waals surface area contributed by atoms with Gasteiger partial charge in [0.05, 0.1) is 0 Å². The number of hydrogen-bond donors (Lipinski definition) is 5. The lowest BCUT2D eigenvalue weighted by Crippen LogP contribution is -2.50. The van der Waals surface area contributed by atoms with Gasteiger partial charge in [-0.15, -0.1) is 4.73 Å². The SMILES string of the molecule is CCCOn1c(O)c(CC(C)C(CC)(CC)C(CC)(CC)c2c(O)[nH]c(O)c2CC(C)C(C)(CC)CC)c(C(C)(CC)CC)c1O. The Bertz CT molecular complexity index is 1240. The van der Waals surface area contributed by atoms with Gasteiger partial charge in [0.1, 0.15) is 6.61 Å². The quantitative estimate of drug-likeness (QED) is 0.0983. The van der Waals surface area contributed by atoms with Crippen LogP contribution >= 0.6 is 0 Å². The van der Waals surface area contributed by atoms with Crippen LogP contribution < -0.4 is 4.84 Å². The Morgan fingerprint density at radius 1 is 0.630 bits per heavy atom. The summed E-state index contributed by atoms with van der Waals surface area (Å²) in [6, 6.07) is 0. The molecule has 0 spiro atoms. The molecule has 0 radical (unpaired) electrons. The summed E-state index contributed by atoms with van der Waals surface area (Å²) in [5.74, 6) is 0.469. The van der Waals surface area contributed by atoms with Gasteiger partial charge in [0.15, 0.2) is 11.8 Å². The third-order valence-electron chi connectivity index (χ3n) is 13.5. The number of rotatable bonds is 20. The Hall–Kier alpha value is -2.44. The topological polar surface area (TPSA) is 111 Å². The fourth-order valence-corrected chi connectivity index (χ4v) is 9.19. The predicted octanol–water partition coefficient (Wildman–Crippen LogP) is 10.3. The molecular weight excluding hydrogens is 576 g/mol. The van der Waals surface area contributed by atoms with E-state index in [1.807, 2.05) is 6.92 Å². The molecule has 0 aliphatic heterocycles. The van der Waals surface area contributed by atoms with Crippen LogP contribution in [0.3, 0.4) is 0 Å². The Balaban J connectivity index is 2.87. The van der Waals surface area contributed by atoms with Crippen LogP contribution in [0, 0.1) is 22.7 Å². The number of nitrogens with zero attached hydrogens (tertiary/aromatic N) is 1. The minimum absolute atomic E-state index is 0.00503. The summed E-state index contributed by atoms with van der Waals surface area (Å²) in [6.45, 7) is 29.1. The van der Waals surface area contributed by atoms with Crippen molar-refractivity contribution in [3.63, 3.8) is 0 Å². The second-order valence-corrected chi connectivity index (χ2v) is 14.8. The summed E-state index contributed by atoms with van der Waals surface area (Å²) >= 11 is 0. The van der Waals surface area contributed by atoms with E-state index in [0.29, 0.717) is 25.4 Å². The summed E-state index contributed by atoms with van der Waals surface area (Å²) < 4.78 is 1.24. The van der Waals surface area contributed by atoms with Crippen molar-refractivity contribution in [2.24, 2.45) is 22.7 Å². The maximum absolute atomic E-state index is 11.7. The zero-order chi connectivity index (χ0) is 35.3. The highest BCUT2D eigenvalue weighted by Crippen LogP contribution is 2.61. The van der Waals surface area contributed by atoms with Gasteiger partial charge in [0.25, 0.3) is 0 Å². The molecule has 2 aromatic rings. The highest BCUT2D eigenvalue weighted by Gasteiger charge is 2.54. The van der Waals surface area contributed by atoms with Gasteiger partial charge in [-0.05, 0) is 85.9 Å². The molecule has 0 saturated heterocycles.